The first-order valence-electron chi connectivity index (χ1n) is 7.81. The van der Waals surface area contributed by atoms with E-state index in [1.54, 1.807) is 30.3 Å². The molecule has 0 aliphatic carbocycles. The van der Waals surface area contributed by atoms with E-state index in [-0.39, 0.29) is 5.56 Å². The Morgan fingerprint density at radius 1 is 1.00 bits per heavy atom. The number of benzene rings is 2. The molecule has 0 bridgehead atoms. The second kappa shape index (κ2) is 7.09. The molecule has 2 aromatic rings. The van der Waals surface area contributed by atoms with E-state index < -0.39 is 41.9 Å². The summed E-state index contributed by atoms with van der Waals surface area (Å²) in [5.41, 5.74) is 0.763. The normalized spacial score (nSPS) is 19.7. The summed E-state index contributed by atoms with van der Waals surface area (Å²) in [5, 5.41) is 9.54. The largest absolute Gasteiger partial charge is 0.480 e. The topological polar surface area (TPSA) is 91.8 Å². The van der Waals surface area contributed by atoms with Crippen LogP contribution >= 0.6 is 11.6 Å². The molecule has 2 aromatic carbocycles. The lowest BCUT2D eigenvalue weighted by Gasteiger charge is -2.25. The van der Waals surface area contributed by atoms with Gasteiger partial charge in [-0.05, 0) is 29.8 Å². The van der Waals surface area contributed by atoms with Crippen LogP contribution in [0.1, 0.15) is 22.0 Å². The van der Waals surface area contributed by atoms with Crippen LogP contribution in [0.2, 0.25) is 5.02 Å². The maximum atomic E-state index is 12.9. The third-order valence-electron chi connectivity index (χ3n) is 4.26. The summed E-state index contributed by atoms with van der Waals surface area (Å²) >= 11 is 5.83. The van der Waals surface area contributed by atoms with Crippen molar-refractivity contribution in [1.29, 1.82) is 0 Å². The number of carbonyl (C=O) groups excluding carboxylic acids is 3. The van der Waals surface area contributed by atoms with Crippen LogP contribution in [0.15, 0.2) is 54.6 Å². The fraction of sp³-hybridized carbons (Fsp3) is 0.158. The number of nitrogens with zero attached hydrogens (tertiary/aromatic N) is 1. The van der Waals surface area contributed by atoms with Crippen molar-refractivity contribution in [2.24, 2.45) is 5.92 Å². The molecule has 0 spiro atoms. The molecule has 7 heteroatoms. The number of likely N-dealkylation sites (tertiary alicyclic amines) is 1. The van der Waals surface area contributed by atoms with Gasteiger partial charge in [0.1, 0.15) is 12.5 Å². The van der Waals surface area contributed by atoms with Gasteiger partial charge < -0.3 is 10.0 Å². The molecule has 0 saturated carbocycles. The molecule has 132 valence electrons. The van der Waals surface area contributed by atoms with Gasteiger partial charge in [-0.25, -0.2) is 0 Å². The second-order valence-electron chi connectivity index (χ2n) is 5.90. The molecule has 1 amide bonds. The Labute approximate surface area is 154 Å². The van der Waals surface area contributed by atoms with Gasteiger partial charge in [0.2, 0.25) is 5.78 Å². The minimum Gasteiger partial charge on any atom is -0.480 e. The zero-order valence-electron chi connectivity index (χ0n) is 13.5. The number of amides is 1. The predicted octanol–water partition coefficient (Wildman–Crippen LogP) is 2.38. The van der Waals surface area contributed by atoms with Gasteiger partial charge in [-0.2, -0.15) is 0 Å². The van der Waals surface area contributed by atoms with E-state index in [0.717, 1.165) is 4.90 Å². The molecule has 0 aromatic heterocycles. The number of rotatable bonds is 5. The molecule has 2 atom stereocenters. The number of halogens is 1. The van der Waals surface area contributed by atoms with Crippen molar-refractivity contribution in [3.8, 4) is 0 Å². The van der Waals surface area contributed by atoms with E-state index in [0.29, 0.717) is 10.6 Å². The number of carboxylic acids is 1. The van der Waals surface area contributed by atoms with Crippen LogP contribution in [0.4, 0.5) is 0 Å². The number of hydrogen-bond donors (Lipinski definition) is 1. The molecule has 1 aliphatic rings. The highest BCUT2D eigenvalue weighted by Crippen LogP contribution is 2.38. The maximum absolute atomic E-state index is 12.9. The van der Waals surface area contributed by atoms with Crippen LogP contribution in [0, 0.1) is 5.92 Å². The van der Waals surface area contributed by atoms with Gasteiger partial charge in [-0.1, -0.05) is 41.9 Å². The van der Waals surface area contributed by atoms with Gasteiger partial charge >= 0.3 is 5.97 Å². The quantitative estimate of drug-likeness (QED) is 0.495. The lowest BCUT2D eigenvalue weighted by atomic mass is 9.86. The van der Waals surface area contributed by atoms with Crippen molar-refractivity contribution in [3.05, 3.63) is 70.7 Å². The third-order valence-corrected chi connectivity index (χ3v) is 4.52. The van der Waals surface area contributed by atoms with Gasteiger partial charge in [0, 0.05) is 10.6 Å². The Kier molecular flexibility index (Phi) is 4.86. The summed E-state index contributed by atoms with van der Waals surface area (Å²) in [6.45, 7) is -0.658. The van der Waals surface area contributed by atoms with Crippen molar-refractivity contribution >= 4 is 35.0 Å². The zero-order chi connectivity index (χ0) is 18.8. The van der Waals surface area contributed by atoms with E-state index in [1.165, 1.54) is 24.3 Å². The summed E-state index contributed by atoms with van der Waals surface area (Å²) < 4.78 is 0. The molecule has 2 unspecified atom stereocenters. The third kappa shape index (κ3) is 3.23. The van der Waals surface area contributed by atoms with Gasteiger partial charge in [-0.15, -0.1) is 0 Å². The fourth-order valence-electron chi connectivity index (χ4n) is 3.12. The minimum atomic E-state index is -1.30. The van der Waals surface area contributed by atoms with Crippen molar-refractivity contribution in [3.63, 3.8) is 0 Å². The van der Waals surface area contributed by atoms with Crippen LogP contribution in [-0.4, -0.2) is 40.0 Å². The number of aliphatic carboxylic acids is 1. The molecule has 1 saturated heterocycles. The summed E-state index contributed by atoms with van der Waals surface area (Å²) in [5.74, 6) is -4.97. The molecule has 1 aliphatic heterocycles. The van der Waals surface area contributed by atoms with Crippen LogP contribution < -0.4 is 0 Å². The predicted molar refractivity (Wildman–Crippen MR) is 92.8 cm³/mol. The van der Waals surface area contributed by atoms with Crippen LogP contribution in [0.3, 0.4) is 0 Å². The first-order chi connectivity index (χ1) is 12.4. The molecular weight excluding hydrogens is 358 g/mol. The first-order valence-corrected chi connectivity index (χ1v) is 8.19. The number of ketones is 2. The highest BCUT2D eigenvalue weighted by Gasteiger charge is 2.52. The molecule has 1 N–H and O–H groups in total. The maximum Gasteiger partial charge on any atom is 0.323 e. The monoisotopic (exact) mass is 371 g/mol. The Morgan fingerprint density at radius 2 is 1.62 bits per heavy atom. The number of carbonyl (C=O) groups is 4. The second-order valence-corrected chi connectivity index (χ2v) is 6.33. The smallest absolute Gasteiger partial charge is 0.323 e. The Bertz CT molecular complexity index is 879. The van der Waals surface area contributed by atoms with Crippen molar-refractivity contribution in [2.45, 2.75) is 6.04 Å². The van der Waals surface area contributed by atoms with Crippen molar-refractivity contribution in [2.75, 3.05) is 6.54 Å². The SMILES string of the molecule is O=C(O)CN1C(=O)C(=O)C(C(=O)c2ccc(Cl)cc2)C1c1ccccc1. The van der Waals surface area contributed by atoms with Crippen LogP contribution in [0.25, 0.3) is 0 Å². The van der Waals surface area contributed by atoms with E-state index in [9.17, 15) is 19.2 Å². The van der Waals surface area contributed by atoms with Crippen LogP contribution in [0.5, 0.6) is 0 Å². The zero-order valence-corrected chi connectivity index (χ0v) is 14.2. The highest BCUT2D eigenvalue weighted by atomic mass is 35.5. The van der Waals surface area contributed by atoms with Gasteiger partial charge in [0.15, 0.2) is 5.78 Å². The van der Waals surface area contributed by atoms with E-state index in [4.69, 9.17) is 16.7 Å². The molecule has 0 radical (unpaired) electrons. The lowest BCUT2D eigenvalue weighted by molar-refractivity contribution is -0.146. The molecular formula is C19H14ClNO5. The molecule has 1 fully saturated rings. The minimum absolute atomic E-state index is 0.235. The van der Waals surface area contributed by atoms with Gasteiger partial charge in [0.25, 0.3) is 5.91 Å². The average molecular weight is 372 g/mol. The first kappa shape index (κ1) is 17.8. The van der Waals surface area contributed by atoms with Crippen molar-refractivity contribution < 1.29 is 24.3 Å². The molecule has 3 rings (SSSR count). The van der Waals surface area contributed by atoms with E-state index >= 15 is 0 Å². The summed E-state index contributed by atoms with van der Waals surface area (Å²) in [7, 11) is 0. The fourth-order valence-corrected chi connectivity index (χ4v) is 3.24. The average Bonchev–Trinajstić information content (AvgIpc) is 2.87. The number of carboxylic acid groups (broad SMARTS) is 1. The lowest BCUT2D eigenvalue weighted by Crippen LogP contribution is -2.35. The van der Waals surface area contributed by atoms with Crippen LogP contribution in [-0.2, 0) is 14.4 Å². The van der Waals surface area contributed by atoms with E-state index in [2.05, 4.69) is 0 Å². The van der Waals surface area contributed by atoms with Gasteiger partial charge in [-0.3, -0.25) is 19.2 Å². The summed E-state index contributed by atoms with van der Waals surface area (Å²) in [6.07, 6.45) is 0. The number of Topliss-reactive ketones (excluding diaryl/α,β-unsaturated/α-hetero) is 2. The Hall–Kier alpha value is -2.99. The molecule has 26 heavy (non-hydrogen) atoms. The Balaban J connectivity index is 2.06. The van der Waals surface area contributed by atoms with Crippen molar-refractivity contribution in [1.82, 2.24) is 4.90 Å². The summed E-state index contributed by atoms with van der Waals surface area (Å²) in [4.78, 5) is 49.9. The Morgan fingerprint density at radius 3 is 2.19 bits per heavy atom. The van der Waals surface area contributed by atoms with E-state index in [1.807, 2.05) is 0 Å². The number of hydrogen-bond acceptors (Lipinski definition) is 4. The standard InChI is InChI=1S/C19H14ClNO5/c20-13-8-6-12(7-9-13)17(24)15-16(11-4-2-1-3-5-11)21(10-14(22)23)19(26)18(15)25/h1-9,15-16H,10H2,(H,22,23). The molecule has 6 nitrogen and oxygen atoms in total. The van der Waals surface area contributed by atoms with Gasteiger partial charge in [0.05, 0.1) is 6.04 Å². The summed E-state index contributed by atoms with van der Waals surface area (Å²) in [6, 6.07) is 13.5. The highest BCUT2D eigenvalue weighted by molar-refractivity contribution is 6.44. The molecule has 1 heterocycles.